The van der Waals surface area contributed by atoms with Crippen LogP contribution in [0.25, 0.3) is 6.08 Å². The minimum atomic E-state index is -0.0970. The molecule has 0 fully saturated rings. The highest BCUT2D eigenvalue weighted by Crippen LogP contribution is 2.44. The minimum absolute atomic E-state index is 0.0970. The van der Waals surface area contributed by atoms with Gasteiger partial charge in [0.15, 0.2) is 0 Å². The number of hydrazone groups is 1. The number of ether oxygens (including phenoxy) is 4. The van der Waals surface area contributed by atoms with E-state index in [2.05, 4.69) is 43.1 Å². The van der Waals surface area contributed by atoms with Crippen molar-refractivity contribution in [3.05, 3.63) is 83.4 Å². The molecule has 1 unspecified atom stereocenters. The summed E-state index contributed by atoms with van der Waals surface area (Å²) < 4.78 is 22.6. The van der Waals surface area contributed by atoms with Gasteiger partial charge in [-0.2, -0.15) is 5.10 Å². The molecule has 0 saturated heterocycles. The fourth-order valence-corrected chi connectivity index (χ4v) is 4.54. The van der Waals surface area contributed by atoms with Crippen LogP contribution >= 0.6 is 0 Å². The van der Waals surface area contributed by atoms with Crippen molar-refractivity contribution in [3.63, 3.8) is 0 Å². The smallest absolute Gasteiger partial charge is 0.129 e. The Kier molecular flexibility index (Phi) is 7.84. The number of methoxy groups -OCH3 is 4. The fourth-order valence-electron chi connectivity index (χ4n) is 4.54. The lowest BCUT2D eigenvalue weighted by Gasteiger charge is -2.27. The average Bonchev–Trinajstić information content (AvgIpc) is 3.34. The van der Waals surface area contributed by atoms with Gasteiger partial charge in [-0.15, -0.1) is 0 Å². The molecule has 4 rings (SSSR count). The zero-order chi connectivity index (χ0) is 25.7. The van der Waals surface area contributed by atoms with E-state index in [0.717, 1.165) is 45.5 Å². The fraction of sp³-hybridized carbons (Fsp3) is 0.300. The molecule has 0 radical (unpaired) electrons. The molecule has 36 heavy (non-hydrogen) atoms. The molecule has 0 aromatic heterocycles. The summed E-state index contributed by atoms with van der Waals surface area (Å²) in [6, 6.07) is 20.1. The Morgan fingerprint density at radius 1 is 0.750 bits per heavy atom. The van der Waals surface area contributed by atoms with Gasteiger partial charge < -0.3 is 18.9 Å². The molecule has 0 N–H and O–H groups in total. The summed E-state index contributed by atoms with van der Waals surface area (Å²) in [5, 5.41) is 7.10. The molecule has 188 valence electrons. The normalized spacial score (nSPS) is 15.4. The summed E-state index contributed by atoms with van der Waals surface area (Å²) in [5.41, 5.74) is 5.06. The molecule has 0 bridgehead atoms. The molecule has 3 aromatic rings. The van der Waals surface area contributed by atoms with Gasteiger partial charge in [-0.25, -0.2) is 0 Å². The van der Waals surface area contributed by atoms with Crippen molar-refractivity contribution in [2.45, 2.75) is 32.2 Å². The zero-order valence-electron chi connectivity index (χ0n) is 21.8. The number of allylic oxidation sites excluding steroid dienone is 1. The van der Waals surface area contributed by atoms with Crippen LogP contribution in [0.5, 0.6) is 23.0 Å². The molecule has 1 atom stereocenters. The van der Waals surface area contributed by atoms with Gasteiger partial charge in [0.2, 0.25) is 0 Å². The van der Waals surface area contributed by atoms with E-state index >= 15 is 0 Å². The van der Waals surface area contributed by atoms with Gasteiger partial charge >= 0.3 is 0 Å². The highest BCUT2D eigenvalue weighted by molar-refractivity contribution is 6.01. The van der Waals surface area contributed by atoms with Gasteiger partial charge in [0.05, 0.1) is 57.0 Å². The third-order valence-corrected chi connectivity index (χ3v) is 6.47. The van der Waals surface area contributed by atoms with E-state index in [0.29, 0.717) is 12.3 Å². The van der Waals surface area contributed by atoms with Gasteiger partial charge in [-0.3, -0.25) is 5.01 Å². The summed E-state index contributed by atoms with van der Waals surface area (Å²) in [4.78, 5) is 0. The molecular formula is C30H34N2O4. The third-order valence-electron chi connectivity index (χ3n) is 6.47. The Morgan fingerprint density at radius 3 is 1.78 bits per heavy atom. The minimum Gasteiger partial charge on any atom is -0.496 e. The lowest BCUT2D eigenvalue weighted by Crippen LogP contribution is -2.20. The molecule has 0 aliphatic carbocycles. The monoisotopic (exact) mass is 486 g/mol. The Bertz CT molecular complexity index is 1200. The second-order valence-corrected chi connectivity index (χ2v) is 8.89. The molecule has 0 amide bonds. The van der Waals surface area contributed by atoms with E-state index in [4.69, 9.17) is 24.0 Å². The predicted molar refractivity (Wildman–Crippen MR) is 146 cm³/mol. The van der Waals surface area contributed by atoms with Crippen molar-refractivity contribution in [3.8, 4) is 23.0 Å². The molecule has 1 aliphatic heterocycles. The molecule has 0 spiro atoms. The Hall–Kier alpha value is -3.93. The molecular weight excluding hydrogens is 452 g/mol. The Morgan fingerprint density at radius 2 is 1.28 bits per heavy atom. The SMILES string of the molecule is COc1cccc(OC)c1C=CC1=NN(c2ccc(C(C)C)cc2)C(c2c(OC)cccc2OC)C1. The number of hydrogen-bond donors (Lipinski definition) is 0. The maximum absolute atomic E-state index is 5.75. The molecule has 1 aliphatic rings. The molecule has 6 heteroatoms. The first-order valence-corrected chi connectivity index (χ1v) is 12.1. The topological polar surface area (TPSA) is 52.5 Å². The number of hydrogen-bond acceptors (Lipinski definition) is 6. The van der Waals surface area contributed by atoms with Gasteiger partial charge in [0, 0.05) is 6.42 Å². The highest BCUT2D eigenvalue weighted by Gasteiger charge is 2.33. The van der Waals surface area contributed by atoms with Crippen molar-refractivity contribution in [1.82, 2.24) is 0 Å². The summed E-state index contributed by atoms with van der Waals surface area (Å²) in [7, 11) is 6.69. The predicted octanol–water partition coefficient (Wildman–Crippen LogP) is 6.87. The van der Waals surface area contributed by atoms with E-state index in [9.17, 15) is 0 Å². The Balaban J connectivity index is 1.77. The maximum atomic E-state index is 5.75. The summed E-state index contributed by atoms with van der Waals surface area (Å²) in [6.45, 7) is 4.39. The average molecular weight is 487 g/mol. The number of nitrogens with zero attached hydrogens (tertiary/aromatic N) is 2. The van der Waals surface area contributed by atoms with Crippen molar-refractivity contribution < 1.29 is 18.9 Å². The van der Waals surface area contributed by atoms with E-state index in [1.807, 2.05) is 48.6 Å². The van der Waals surface area contributed by atoms with E-state index in [1.54, 1.807) is 28.4 Å². The first-order chi connectivity index (χ1) is 17.5. The molecule has 1 heterocycles. The number of rotatable bonds is 9. The van der Waals surface area contributed by atoms with Crippen LogP contribution in [0.2, 0.25) is 0 Å². The second kappa shape index (κ2) is 11.2. The molecule has 0 saturated carbocycles. The summed E-state index contributed by atoms with van der Waals surface area (Å²) in [6.07, 6.45) is 4.70. The third kappa shape index (κ3) is 5.03. The van der Waals surface area contributed by atoms with Crippen molar-refractivity contribution in [2.24, 2.45) is 5.10 Å². The van der Waals surface area contributed by atoms with Crippen LogP contribution in [0.4, 0.5) is 5.69 Å². The van der Waals surface area contributed by atoms with Crippen molar-refractivity contribution >= 4 is 17.5 Å². The number of anilines is 1. The van der Waals surface area contributed by atoms with Gasteiger partial charge in [-0.05, 0) is 60.0 Å². The molecule has 6 nitrogen and oxygen atoms in total. The first kappa shape index (κ1) is 25.2. The van der Waals surface area contributed by atoms with Crippen LogP contribution in [-0.2, 0) is 0 Å². The van der Waals surface area contributed by atoms with Gasteiger partial charge in [-0.1, -0.05) is 38.1 Å². The summed E-state index contributed by atoms with van der Waals surface area (Å²) in [5.74, 6) is 3.49. The van der Waals surface area contributed by atoms with E-state index < -0.39 is 0 Å². The Labute approximate surface area is 213 Å². The van der Waals surface area contributed by atoms with Crippen molar-refractivity contribution in [2.75, 3.05) is 33.4 Å². The number of benzene rings is 3. The van der Waals surface area contributed by atoms with Crippen LogP contribution in [-0.4, -0.2) is 34.2 Å². The highest BCUT2D eigenvalue weighted by atomic mass is 16.5. The van der Waals surface area contributed by atoms with Crippen LogP contribution in [0, 0.1) is 0 Å². The van der Waals surface area contributed by atoms with Crippen LogP contribution in [0.1, 0.15) is 48.9 Å². The second-order valence-electron chi connectivity index (χ2n) is 8.89. The van der Waals surface area contributed by atoms with E-state index in [1.165, 1.54) is 5.56 Å². The van der Waals surface area contributed by atoms with Crippen LogP contribution < -0.4 is 24.0 Å². The quantitative estimate of drug-likeness (QED) is 0.330. The summed E-state index contributed by atoms with van der Waals surface area (Å²) >= 11 is 0. The van der Waals surface area contributed by atoms with Gasteiger partial charge in [0.25, 0.3) is 0 Å². The lowest BCUT2D eigenvalue weighted by molar-refractivity contribution is 0.379. The standard InChI is InChI=1S/C30H34N2O4/c1-20(2)21-13-16-23(17-14-21)32-25(30-28(35-5)11-8-12-29(30)36-6)19-22(31-32)15-18-24-26(33-3)9-7-10-27(24)34-4/h7-18,20,25H,19H2,1-6H3. The molecule has 3 aromatic carbocycles. The first-order valence-electron chi connectivity index (χ1n) is 12.1. The maximum Gasteiger partial charge on any atom is 0.129 e. The van der Waals surface area contributed by atoms with Crippen molar-refractivity contribution in [1.29, 1.82) is 0 Å². The van der Waals surface area contributed by atoms with E-state index in [-0.39, 0.29) is 6.04 Å². The lowest BCUT2D eigenvalue weighted by atomic mass is 9.98. The largest absolute Gasteiger partial charge is 0.496 e. The van der Waals surface area contributed by atoms with Crippen LogP contribution in [0.3, 0.4) is 0 Å². The van der Waals surface area contributed by atoms with Gasteiger partial charge in [0.1, 0.15) is 23.0 Å². The zero-order valence-corrected chi connectivity index (χ0v) is 21.8. The van der Waals surface area contributed by atoms with Crippen LogP contribution in [0.15, 0.2) is 71.8 Å².